The highest BCUT2D eigenvalue weighted by Gasteiger charge is 2.16. The predicted molar refractivity (Wildman–Crippen MR) is 83.9 cm³/mol. The summed E-state index contributed by atoms with van der Waals surface area (Å²) in [6.07, 6.45) is 5.19. The number of aliphatic imine (C=N–C) groups is 1. The smallest absolute Gasteiger partial charge is 0.222 e. The maximum absolute atomic E-state index is 11.8. The highest BCUT2D eigenvalue weighted by molar-refractivity contribution is 5.81. The summed E-state index contributed by atoms with van der Waals surface area (Å²) in [6, 6.07) is 0.396. The van der Waals surface area contributed by atoms with Crippen molar-refractivity contribution in [3.63, 3.8) is 0 Å². The van der Waals surface area contributed by atoms with Crippen LogP contribution in [0, 0.1) is 0 Å². The molecule has 0 saturated heterocycles. The van der Waals surface area contributed by atoms with Crippen molar-refractivity contribution in [3.05, 3.63) is 0 Å². The van der Waals surface area contributed by atoms with Gasteiger partial charge in [-0.1, -0.05) is 12.8 Å². The van der Waals surface area contributed by atoms with Gasteiger partial charge in [0.05, 0.1) is 6.54 Å². The van der Waals surface area contributed by atoms with Crippen LogP contribution in [0.25, 0.3) is 0 Å². The number of nitrogens with zero attached hydrogens (tertiary/aromatic N) is 1. The number of nitrogens with one attached hydrogen (secondary N) is 3. The molecule has 1 saturated carbocycles. The van der Waals surface area contributed by atoms with Gasteiger partial charge >= 0.3 is 0 Å². The highest BCUT2D eigenvalue weighted by atomic mass is 16.1. The van der Waals surface area contributed by atoms with Crippen LogP contribution in [-0.4, -0.2) is 36.5 Å². The van der Waals surface area contributed by atoms with Gasteiger partial charge in [0.2, 0.25) is 5.91 Å². The van der Waals surface area contributed by atoms with Gasteiger partial charge in [0.25, 0.3) is 0 Å². The van der Waals surface area contributed by atoms with Crippen molar-refractivity contribution in [3.8, 4) is 0 Å². The fourth-order valence-electron chi connectivity index (χ4n) is 2.30. The average molecular weight is 282 g/mol. The van der Waals surface area contributed by atoms with Gasteiger partial charge in [-0.05, 0) is 40.5 Å². The third-order valence-electron chi connectivity index (χ3n) is 3.17. The molecule has 5 nitrogen and oxygen atoms in total. The Balaban J connectivity index is 2.32. The van der Waals surface area contributed by atoms with Gasteiger partial charge in [-0.15, -0.1) is 0 Å². The molecule has 0 radical (unpaired) electrons. The van der Waals surface area contributed by atoms with Crippen molar-refractivity contribution in [1.29, 1.82) is 0 Å². The van der Waals surface area contributed by atoms with E-state index in [0.717, 1.165) is 25.3 Å². The molecule has 1 aliphatic carbocycles. The molecule has 3 N–H and O–H groups in total. The monoisotopic (exact) mass is 282 g/mol. The minimum Gasteiger partial charge on any atom is -0.357 e. The molecule has 1 fully saturated rings. The van der Waals surface area contributed by atoms with Crippen molar-refractivity contribution in [2.75, 3.05) is 13.1 Å². The average Bonchev–Trinajstić information content (AvgIpc) is 2.79. The van der Waals surface area contributed by atoms with E-state index in [4.69, 9.17) is 0 Å². The molecule has 0 aromatic carbocycles. The fraction of sp³-hybridized carbons (Fsp3) is 0.867. The molecule has 0 aliphatic heterocycles. The Labute approximate surface area is 123 Å². The van der Waals surface area contributed by atoms with Crippen LogP contribution >= 0.6 is 0 Å². The van der Waals surface area contributed by atoms with Crippen LogP contribution in [0.15, 0.2) is 4.99 Å². The Morgan fingerprint density at radius 1 is 1.25 bits per heavy atom. The van der Waals surface area contributed by atoms with Gasteiger partial charge in [0.1, 0.15) is 0 Å². The number of carbonyl (C=O) groups is 1. The minimum atomic E-state index is -0.0346. The number of guanidine groups is 1. The Morgan fingerprint density at radius 2 is 1.90 bits per heavy atom. The lowest BCUT2D eigenvalue weighted by atomic mass is 10.1. The lowest BCUT2D eigenvalue weighted by Crippen LogP contribution is -2.47. The summed E-state index contributed by atoms with van der Waals surface area (Å²) in [6.45, 7) is 9.64. The molecular formula is C15H30N4O. The Morgan fingerprint density at radius 3 is 2.45 bits per heavy atom. The van der Waals surface area contributed by atoms with E-state index in [1.54, 1.807) is 0 Å². The van der Waals surface area contributed by atoms with Crippen LogP contribution in [0.4, 0.5) is 0 Å². The van der Waals surface area contributed by atoms with Crippen LogP contribution < -0.4 is 16.0 Å². The quantitative estimate of drug-likeness (QED) is 0.532. The van der Waals surface area contributed by atoms with E-state index >= 15 is 0 Å². The summed E-state index contributed by atoms with van der Waals surface area (Å²) >= 11 is 0. The zero-order valence-electron chi connectivity index (χ0n) is 13.4. The van der Waals surface area contributed by atoms with Gasteiger partial charge in [0, 0.05) is 24.5 Å². The highest BCUT2D eigenvalue weighted by Crippen LogP contribution is 2.17. The van der Waals surface area contributed by atoms with Crippen molar-refractivity contribution in [2.24, 2.45) is 4.99 Å². The molecule has 0 heterocycles. The summed E-state index contributed by atoms with van der Waals surface area (Å²) in [5, 5.41) is 9.59. The van der Waals surface area contributed by atoms with Gasteiger partial charge in [-0.25, -0.2) is 0 Å². The molecule has 0 aromatic heterocycles. The maximum atomic E-state index is 11.8. The number of rotatable bonds is 5. The van der Waals surface area contributed by atoms with Crippen LogP contribution in [0.5, 0.6) is 0 Å². The largest absolute Gasteiger partial charge is 0.357 e. The van der Waals surface area contributed by atoms with Crippen molar-refractivity contribution < 1.29 is 4.79 Å². The molecule has 0 atom stereocenters. The molecule has 5 heteroatoms. The second-order valence-corrected chi connectivity index (χ2v) is 6.43. The fourth-order valence-corrected chi connectivity index (χ4v) is 2.30. The molecule has 0 bridgehead atoms. The third kappa shape index (κ3) is 7.36. The van der Waals surface area contributed by atoms with Crippen LogP contribution in [0.3, 0.4) is 0 Å². The zero-order chi connectivity index (χ0) is 15.0. The number of carbonyl (C=O) groups excluding carboxylic acids is 1. The normalized spacial score (nSPS) is 17.1. The van der Waals surface area contributed by atoms with E-state index in [1.807, 2.05) is 6.92 Å². The summed E-state index contributed by atoms with van der Waals surface area (Å²) in [5.41, 5.74) is -0.0346. The Hall–Kier alpha value is -1.26. The third-order valence-corrected chi connectivity index (χ3v) is 3.17. The number of amides is 1. The Bertz CT molecular complexity index is 327. The Kier molecular flexibility index (Phi) is 6.82. The molecule has 20 heavy (non-hydrogen) atoms. The van der Waals surface area contributed by atoms with E-state index in [2.05, 4.69) is 41.7 Å². The van der Waals surface area contributed by atoms with E-state index in [1.165, 1.54) is 12.8 Å². The molecule has 116 valence electrons. The standard InChI is InChI=1S/C15H30N4O/c1-5-16-14(19-15(2,3)4)17-11-10-13(20)18-12-8-6-7-9-12/h12H,5-11H2,1-4H3,(H,18,20)(H2,16,17,19). The zero-order valence-corrected chi connectivity index (χ0v) is 13.4. The predicted octanol–water partition coefficient (Wildman–Crippen LogP) is 1.79. The molecule has 0 unspecified atom stereocenters. The number of hydrogen-bond donors (Lipinski definition) is 3. The van der Waals surface area contributed by atoms with E-state index in [9.17, 15) is 4.79 Å². The summed E-state index contributed by atoms with van der Waals surface area (Å²) < 4.78 is 0. The molecule has 0 aromatic rings. The molecular weight excluding hydrogens is 252 g/mol. The second-order valence-electron chi connectivity index (χ2n) is 6.43. The van der Waals surface area contributed by atoms with Gasteiger partial charge < -0.3 is 16.0 Å². The maximum Gasteiger partial charge on any atom is 0.222 e. The summed E-state index contributed by atoms with van der Waals surface area (Å²) in [4.78, 5) is 16.2. The number of hydrogen-bond acceptors (Lipinski definition) is 2. The van der Waals surface area contributed by atoms with Crippen molar-refractivity contribution in [2.45, 2.75) is 71.4 Å². The molecule has 1 rings (SSSR count). The molecule has 1 aliphatic rings. The van der Waals surface area contributed by atoms with E-state index in [-0.39, 0.29) is 11.4 Å². The van der Waals surface area contributed by atoms with Crippen molar-refractivity contribution in [1.82, 2.24) is 16.0 Å². The second kappa shape index (κ2) is 8.12. The van der Waals surface area contributed by atoms with Crippen LogP contribution in [0.2, 0.25) is 0 Å². The summed E-state index contributed by atoms with van der Waals surface area (Å²) in [7, 11) is 0. The first kappa shape index (κ1) is 16.8. The van der Waals surface area contributed by atoms with Crippen LogP contribution in [-0.2, 0) is 4.79 Å². The SMILES string of the molecule is CCNC(=NCCC(=O)NC1CCCC1)NC(C)(C)C. The summed E-state index contributed by atoms with van der Waals surface area (Å²) in [5.74, 6) is 0.890. The topological polar surface area (TPSA) is 65.5 Å². The first-order valence-corrected chi connectivity index (χ1v) is 7.76. The first-order chi connectivity index (χ1) is 9.40. The molecule has 0 spiro atoms. The lowest BCUT2D eigenvalue weighted by Gasteiger charge is -2.23. The van der Waals surface area contributed by atoms with Crippen molar-refractivity contribution >= 4 is 11.9 Å². The van der Waals surface area contributed by atoms with Crippen LogP contribution in [0.1, 0.15) is 59.8 Å². The minimum absolute atomic E-state index is 0.0346. The van der Waals surface area contributed by atoms with Gasteiger partial charge in [-0.2, -0.15) is 0 Å². The first-order valence-electron chi connectivity index (χ1n) is 7.76. The van der Waals surface area contributed by atoms with E-state index < -0.39 is 0 Å². The van der Waals surface area contributed by atoms with Gasteiger partial charge in [0.15, 0.2) is 5.96 Å². The van der Waals surface area contributed by atoms with Gasteiger partial charge in [-0.3, -0.25) is 9.79 Å². The lowest BCUT2D eigenvalue weighted by molar-refractivity contribution is -0.121. The van der Waals surface area contributed by atoms with E-state index in [0.29, 0.717) is 19.0 Å². The molecule has 1 amide bonds.